The molecule has 1 aromatic carbocycles. The predicted molar refractivity (Wildman–Crippen MR) is 101 cm³/mol. The van der Waals surface area contributed by atoms with Crippen molar-refractivity contribution < 1.29 is 4.79 Å². The monoisotopic (exact) mass is 341 g/mol. The highest BCUT2D eigenvalue weighted by Crippen LogP contribution is 2.43. The molecule has 4 heteroatoms. The summed E-state index contributed by atoms with van der Waals surface area (Å²) in [5.41, 5.74) is 2.99. The number of carbonyl (C=O) groups excluding carboxylic acids is 1. The van der Waals surface area contributed by atoms with E-state index in [0.29, 0.717) is 5.41 Å². The molecule has 0 bridgehead atoms. The molecule has 1 saturated carbocycles. The van der Waals surface area contributed by atoms with E-state index in [9.17, 15) is 4.79 Å². The lowest BCUT2D eigenvalue weighted by molar-refractivity contribution is -0.126. The van der Waals surface area contributed by atoms with Gasteiger partial charge in [0.05, 0.1) is 6.04 Å². The first kappa shape index (κ1) is 17.0. The molecule has 0 unspecified atom stereocenters. The zero-order valence-electron chi connectivity index (χ0n) is 15.6. The number of hydrogen-bond donors (Lipinski definition) is 2. The highest BCUT2D eigenvalue weighted by Gasteiger charge is 2.49. The summed E-state index contributed by atoms with van der Waals surface area (Å²) in [4.78, 5) is 15.3. The number of amides is 1. The van der Waals surface area contributed by atoms with E-state index in [4.69, 9.17) is 0 Å². The normalized spacial score (nSPS) is 27.4. The number of carbonyl (C=O) groups is 1. The van der Waals surface area contributed by atoms with Crippen LogP contribution in [0.25, 0.3) is 0 Å². The van der Waals surface area contributed by atoms with Crippen LogP contribution in [0.3, 0.4) is 0 Å². The Morgan fingerprint density at radius 3 is 2.52 bits per heavy atom. The van der Waals surface area contributed by atoms with Gasteiger partial charge in [0.25, 0.3) is 0 Å². The second-order valence-electron chi connectivity index (χ2n) is 8.82. The zero-order chi connectivity index (χ0) is 17.5. The van der Waals surface area contributed by atoms with Crippen LogP contribution < -0.4 is 10.6 Å². The number of nitrogens with one attached hydrogen (secondary N) is 2. The third-order valence-corrected chi connectivity index (χ3v) is 6.62. The van der Waals surface area contributed by atoms with E-state index >= 15 is 0 Å². The van der Waals surface area contributed by atoms with Crippen LogP contribution in [-0.2, 0) is 11.2 Å². The van der Waals surface area contributed by atoms with E-state index in [1.807, 2.05) is 0 Å². The Labute approximate surface area is 151 Å². The molecule has 1 spiro atoms. The second-order valence-corrected chi connectivity index (χ2v) is 8.82. The average molecular weight is 341 g/mol. The molecular formula is C21H31N3O. The molecule has 4 rings (SSSR count). The summed E-state index contributed by atoms with van der Waals surface area (Å²) in [5.74, 6) is 0.252. The summed E-state index contributed by atoms with van der Waals surface area (Å²) in [6, 6.07) is 8.78. The Kier molecular flexibility index (Phi) is 4.37. The SMILES string of the molecule is Cc1ccc(CC2(NC(=O)[C@@H]3CC4(CCNCC4)CN3C)CC2)cc1. The Balaban J connectivity index is 1.39. The Morgan fingerprint density at radius 1 is 1.20 bits per heavy atom. The maximum atomic E-state index is 13.0. The molecule has 3 fully saturated rings. The van der Waals surface area contributed by atoms with E-state index in [0.717, 1.165) is 45.3 Å². The second kappa shape index (κ2) is 6.40. The molecule has 2 saturated heterocycles. The quantitative estimate of drug-likeness (QED) is 0.883. The summed E-state index contributed by atoms with van der Waals surface area (Å²) in [7, 11) is 2.13. The summed E-state index contributed by atoms with van der Waals surface area (Å²) in [6.07, 6.45) is 6.61. The van der Waals surface area contributed by atoms with Crippen LogP contribution >= 0.6 is 0 Å². The van der Waals surface area contributed by atoms with Crippen LogP contribution in [0, 0.1) is 12.3 Å². The number of likely N-dealkylation sites (N-methyl/N-ethyl adjacent to an activating group) is 1. The minimum atomic E-state index is 0.0110. The van der Waals surface area contributed by atoms with Gasteiger partial charge in [-0.05, 0) is 76.6 Å². The molecule has 136 valence electrons. The minimum absolute atomic E-state index is 0.0110. The van der Waals surface area contributed by atoms with Crippen LogP contribution in [0.1, 0.15) is 43.2 Å². The van der Waals surface area contributed by atoms with Gasteiger partial charge in [0, 0.05) is 12.1 Å². The molecule has 0 aromatic heterocycles. The van der Waals surface area contributed by atoms with Gasteiger partial charge in [-0.2, -0.15) is 0 Å². The van der Waals surface area contributed by atoms with Crippen molar-refractivity contribution in [3.63, 3.8) is 0 Å². The Bertz CT molecular complexity index is 629. The van der Waals surface area contributed by atoms with Gasteiger partial charge in [-0.25, -0.2) is 0 Å². The lowest BCUT2D eigenvalue weighted by Crippen LogP contribution is -2.47. The fourth-order valence-corrected chi connectivity index (χ4v) is 4.82. The molecule has 2 heterocycles. The third-order valence-electron chi connectivity index (χ3n) is 6.62. The van der Waals surface area contributed by atoms with Crippen LogP contribution in [0.4, 0.5) is 0 Å². The predicted octanol–water partition coefficient (Wildman–Crippen LogP) is 2.26. The topological polar surface area (TPSA) is 44.4 Å². The van der Waals surface area contributed by atoms with Crippen molar-refractivity contribution in [2.45, 2.75) is 57.0 Å². The van der Waals surface area contributed by atoms with Crippen molar-refractivity contribution in [2.75, 3.05) is 26.7 Å². The fourth-order valence-electron chi connectivity index (χ4n) is 4.82. The Morgan fingerprint density at radius 2 is 1.88 bits per heavy atom. The summed E-state index contributed by atoms with van der Waals surface area (Å²) in [5, 5.41) is 6.88. The van der Waals surface area contributed by atoms with Gasteiger partial charge in [-0.15, -0.1) is 0 Å². The zero-order valence-corrected chi connectivity index (χ0v) is 15.6. The number of hydrogen-bond acceptors (Lipinski definition) is 3. The van der Waals surface area contributed by atoms with Gasteiger partial charge in [0.2, 0.25) is 5.91 Å². The molecule has 2 N–H and O–H groups in total. The molecule has 3 aliphatic rings. The third kappa shape index (κ3) is 3.61. The highest BCUT2D eigenvalue weighted by molar-refractivity contribution is 5.83. The molecule has 1 amide bonds. The first-order valence-electron chi connectivity index (χ1n) is 9.78. The van der Waals surface area contributed by atoms with Crippen molar-refractivity contribution >= 4 is 5.91 Å². The number of benzene rings is 1. The van der Waals surface area contributed by atoms with Crippen molar-refractivity contribution in [1.82, 2.24) is 15.5 Å². The van der Waals surface area contributed by atoms with Crippen LogP contribution in [0.5, 0.6) is 0 Å². The number of aryl methyl sites for hydroxylation is 1. The molecule has 1 aliphatic carbocycles. The summed E-state index contributed by atoms with van der Waals surface area (Å²) < 4.78 is 0. The molecule has 1 aromatic rings. The number of rotatable bonds is 4. The van der Waals surface area contributed by atoms with Crippen molar-refractivity contribution in [1.29, 1.82) is 0 Å². The number of likely N-dealkylation sites (tertiary alicyclic amines) is 1. The molecule has 25 heavy (non-hydrogen) atoms. The number of nitrogens with zero attached hydrogens (tertiary/aromatic N) is 1. The van der Waals surface area contributed by atoms with Crippen LogP contribution in [0.15, 0.2) is 24.3 Å². The van der Waals surface area contributed by atoms with E-state index < -0.39 is 0 Å². The van der Waals surface area contributed by atoms with Crippen molar-refractivity contribution in [2.24, 2.45) is 5.41 Å². The van der Waals surface area contributed by atoms with Crippen molar-refractivity contribution in [3.05, 3.63) is 35.4 Å². The molecule has 1 atom stereocenters. The minimum Gasteiger partial charge on any atom is -0.349 e. The maximum Gasteiger partial charge on any atom is 0.237 e. The van der Waals surface area contributed by atoms with Gasteiger partial charge >= 0.3 is 0 Å². The van der Waals surface area contributed by atoms with Gasteiger partial charge in [-0.1, -0.05) is 29.8 Å². The summed E-state index contributed by atoms with van der Waals surface area (Å²) in [6.45, 7) is 5.38. The van der Waals surface area contributed by atoms with Crippen LogP contribution in [-0.4, -0.2) is 49.1 Å². The van der Waals surface area contributed by atoms with Crippen LogP contribution in [0.2, 0.25) is 0 Å². The van der Waals surface area contributed by atoms with Gasteiger partial charge in [0.15, 0.2) is 0 Å². The molecule has 4 nitrogen and oxygen atoms in total. The maximum absolute atomic E-state index is 13.0. The van der Waals surface area contributed by atoms with E-state index in [1.54, 1.807) is 0 Å². The fraction of sp³-hybridized carbons (Fsp3) is 0.667. The van der Waals surface area contributed by atoms with E-state index in [2.05, 4.69) is 53.8 Å². The first-order chi connectivity index (χ1) is 12.0. The largest absolute Gasteiger partial charge is 0.349 e. The molecule has 0 radical (unpaired) electrons. The van der Waals surface area contributed by atoms with Gasteiger partial charge < -0.3 is 10.6 Å². The number of piperidine rings is 1. The Hall–Kier alpha value is -1.39. The van der Waals surface area contributed by atoms with Crippen molar-refractivity contribution in [3.8, 4) is 0 Å². The molecule has 2 aliphatic heterocycles. The van der Waals surface area contributed by atoms with E-state index in [1.165, 1.54) is 24.0 Å². The lowest BCUT2D eigenvalue weighted by Gasteiger charge is -2.33. The lowest BCUT2D eigenvalue weighted by atomic mass is 9.77. The highest BCUT2D eigenvalue weighted by atomic mass is 16.2. The average Bonchev–Trinajstić information content (AvgIpc) is 3.26. The summed E-state index contributed by atoms with van der Waals surface area (Å²) >= 11 is 0. The first-order valence-corrected chi connectivity index (χ1v) is 9.78. The van der Waals surface area contributed by atoms with E-state index in [-0.39, 0.29) is 17.5 Å². The standard InChI is InChI=1S/C21H31N3O/c1-16-3-5-17(6-4-16)13-21(7-8-21)23-19(25)18-14-20(15-24(18)2)9-11-22-12-10-20/h3-6,18,22H,7-15H2,1-2H3,(H,23,25)/t18-/m0/s1. The van der Waals surface area contributed by atoms with Gasteiger partial charge in [-0.3, -0.25) is 9.69 Å². The van der Waals surface area contributed by atoms with Gasteiger partial charge in [0.1, 0.15) is 0 Å². The smallest absolute Gasteiger partial charge is 0.237 e. The molecular weight excluding hydrogens is 310 g/mol.